The molecule has 22 heavy (non-hydrogen) atoms. The quantitative estimate of drug-likeness (QED) is 0.752. The average Bonchev–Trinajstić information content (AvgIpc) is 2.48. The average molecular weight is 358 g/mol. The van der Waals surface area contributed by atoms with Gasteiger partial charge in [-0.25, -0.2) is 0 Å². The van der Waals surface area contributed by atoms with Crippen LogP contribution in [0.4, 0.5) is 5.69 Å². The molecule has 0 fully saturated rings. The Morgan fingerprint density at radius 3 is 2.55 bits per heavy atom. The number of hydrogen-bond donors (Lipinski definition) is 2. The fourth-order valence-electron chi connectivity index (χ4n) is 1.91. The molecule has 2 rings (SSSR count). The van der Waals surface area contributed by atoms with Crippen LogP contribution in [0, 0.1) is 0 Å². The second-order valence-corrected chi connectivity index (χ2v) is 5.98. The zero-order valence-corrected chi connectivity index (χ0v) is 14.0. The van der Waals surface area contributed by atoms with Crippen LogP contribution in [0.2, 0.25) is 15.1 Å². The summed E-state index contributed by atoms with van der Waals surface area (Å²) in [6.45, 7) is 0.913. The number of nitrogens with one attached hydrogen (secondary N) is 2. The first kappa shape index (κ1) is 17.1. The van der Waals surface area contributed by atoms with Crippen molar-refractivity contribution in [2.75, 3.05) is 18.4 Å². The minimum Gasteiger partial charge on any atom is -0.325 e. The standard InChI is InChI=1S/C16H15Cl3N2O/c17-12-3-1-2-11(8-12)6-7-20-10-16(22)21-13-4-5-14(18)15(19)9-13/h1-5,8-9,20H,6-7,10H2,(H,21,22). The lowest BCUT2D eigenvalue weighted by atomic mass is 10.1. The SMILES string of the molecule is O=C(CNCCc1cccc(Cl)c1)Nc1ccc(Cl)c(Cl)c1. The first-order chi connectivity index (χ1) is 10.5. The highest BCUT2D eigenvalue weighted by Crippen LogP contribution is 2.24. The lowest BCUT2D eigenvalue weighted by molar-refractivity contribution is -0.115. The van der Waals surface area contributed by atoms with Gasteiger partial charge >= 0.3 is 0 Å². The number of halogens is 3. The monoisotopic (exact) mass is 356 g/mol. The third kappa shape index (κ3) is 5.50. The van der Waals surface area contributed by atoms with Crippen LogP contribution in [0.3, 0.4) is 0 Å². The maximum atomic E-state index is 11.8. The molecule has 0 heterocycles. The van der Waals surface area contributed by atoms with Gasteiger partial charge in [-0.1, -0.05) is 46.9 Å². The second kappa shape index (κ2) is 8.39. The van der Waals surface area contributed by atoms with E-state index in [-0.39, 0.29) is 12.5 Å². The summed E-state index contributed by atoms with van der Waals surface area (Å²) < 4.78 is 0. The fraction of sp³-hybridized carbons (Fsp3) is 0.188. The first-order valence-electron chi connectivity index (χ1n) is 6.74. The molecule has 0 aliphatic carbocycles. The van der Waals surface area contributed by atoms with Gasteiger partial charge in [-0.15, -0.1) is 0 Å². The van der Waals surface area contributed by atoms with Crippen molar-refractivity contribution in [1.82, 2.24) is 5.32 Å². The number of benzene rings is 2. The number of carbonyl (C=O) groups is 1. The molecule has 2 aromatic rings. The number of carbonyl (C=O) groups excluding carboxylic acids is 1. The minimum atomic E-state index is -0.135. The van der Waals surface area contributed by atoms with E-state index in [1.165, 1.54) is 0 Å². The lowest BCUT2D eigenvalue weighted by Crippen LogP contribution is -2.29. The molecule has 0 radical (unpaired) electrons. The highest BCUT2D eigenvalue weighted by Gasteiger charge is 2.04. The van der Waals surface area contributed by atoms with E-state index in [0.29, 0.717) is 22.3 Å². The largest absolute Gasteiger partial charge is 0.325 e. The van der Waals surface area contributed by atoms with Crippen molar-refractivity contribution in [2.45, 2.75) is 6.42 Å². The fourth-order valence-corrected chi connectivity index (χ4v) is 2.42. The Kier molecular flexibility index (Phi) is 6.52. The van der Waals surface area contributed by atoms with Gasteiger partial charge < -0.3 is 10.6 Å². The molecule has 0 bridgehead atoms. The summed E-state index contributed by atoms with van der Waals surface area (Å²) in [7, 11) is 0. The number of anilines is 1. The van der Waals surface area contributed by atoms with Gasteiger partial charge in [-0.05, 0) is 48.9 Å². The van der Waals surface area contributed by atoms with Crippen molar-refractivity contribution >= 4 is 46.4 Å². The predicted octanol–water partition coefficient (Wildman–Crippen LogP) is 4.42. The molecule has 1 amide bonds. The molecule has 0 spiro atoms. The summed E-state index contributed by atoms with van der Waals surface area (Å²) in [5.74, 6) is -0.135. The molecular weight excluding hydrogens is 343 g/mol. The maximum absolute atomic E-state index is 11.8. The van der Waals surface area contributed by atoms with Gasteiger partial charge in [-0.3, -0.25) is 4.79 Å². The van der Waals surface area contributed by atoms with E-state index in [2.05, 4.69) is 10.6 Å². The summed E-state index contributed by atoms with van der Waals surface area (Å²) >= 11 is 17.6. The van der Waals surface area contributed by atoms with E-state index in [0.717, 1.165) is 17.0 Å². The van der Waals surface area contributed by atoms with Crippen LogP contribution in [0.25, 0.3) is 0 Å². The smallest absolute Gasteiger partial charge is 0.238 e. The van der Waals surface area contributed by atoms with Crippen molar-refractivity contribution in [2.24, 2.45) is 0 Å². The normalized spacial score (nSPS) is 10.5. The molecule has 0 saturated carbocycles. The van der Waals surface area contributed by atoms with Crippen molar-refractivity contribution in [3.63, 3.8) is 0 Å². The summed E-state index contributed by atoms with van der Waals surface area (Å²) in [5, 5.41) is 7.42. The predicted molar refractivity (Wildman–Crippen MR) is 93.1 cm³/mol. The van der Waals surface area contributed by atoms with Crippen LogP contribution in [-0.2, 0) is 11.2 Å². The Morgan fingerprint density at radius 2 is 1.82 bits per heavy atom. The number of hydrogen-bond acceptors (Lipinski definition) is 2. The molecule has 6 heteroatoms. The van der Waals surface area contributed by atoms with Crippen LogP contribution >= 0.6 is 34.8 Å². The molecule has 2 aromatic carbocycles. The third-order valence-electron chi connectivity index (χ3n) is 2.97. The van der Waals surface area contributed by atoms with Crippen LogP contribution in [0.15, 0.2) is 42.5 Å². The van der Waals surface area contributed by atoms with Gasteiger partial charge in [0.2, 0.25) is 5.91 Å². The second-order valence-electron chi connectivity index (χ2n) is 4.73. The topological polar surface area (TPSA) is 41.1 Å². The molecule has 3 nitrogen and oxygen atoms in total. The Labute approximate surface area is 144 Å². The first-order valence-corrected chi connectivity index (χ1v) is 7.88. The van der Waals surface area contributed by atoms with Gasteiger partial charge in [0.1, 0.15) is 0 Å². The van der Waals surface area contributed by atoms with Crippen LogP contribution in [-0.4, -0.2) is 19.0 Å². The van der Waals surface area contributed by atoms with E-state index in [1.54, 1.807) is 18.2 Å². The molecule has 116 valence electrons. The summed E-state index contributed by atoms with van der Waals surface area (Å²) in [6, 6.07) is 12.6. The summed E-state index contributed by atoms with van der Waals surface area (Å²) in [5.41, 5.74) is 1.75. The van der Waals surface area contributed by atoms with Crippen molar-refractivity contribution in [3.05, 3.63) is 63.1 Å². The molecule has 0 atom stereocenters. The Bertz CT molecular complexity index is 662. The zero-order chi connectivity index (χ0) is 15.9. The number of rotatable bonds is 6. The van der Waals surface area contributed by atoms with Crippen molar-refractivity contribution in [1.29, 1.82) is 0 Å². The van der Waals surface area contributed by atoms with Crippen LogP contribution < -0.4 is 10.6 Å². The molecule has 0 saturated heterocycles. The number of amides is 1. The minimum absolute atomic E-state index is 0.135. The molecule has 2 N–H and O–H groups in total. The summed E-state index contributed by atoms with van der Waals surface area (Å²) in [4.78, 5) is 11.8. The Hall–Kier alpha value is -1.26. The van der Waals surface area contributed by atoms with E-state index < -0.39 is 0 Å². The summed E-state index contributed by atoms with van der Waals surface area (Å²) in [6.07, 6.45) is 0.806. The van der Waals surface area contributed by atoms with Gasteiger partial charge in [0.05, 0.1) is 16.6 Å². The van der Waals surface area contributed by atoms with Crippen LogP contribution in [0.5, 0.6) is 0 Å². The molecule has 0 aromatic heterocycles. The van der Waals surface area contributed by atoms with Gasteiger partial charge in [0.25, 0.3) is 0 Å². The molecule has 0 unspecified atom stereocenters. The molecule has 0 aliphatic rings. The molecule has 0 aliphatic heterocycles. The van der Waals surface area contributed by atoms with E-state index in [1.807, 2.05) is 24.3 Å². The van der Waals surface area contributed by atoms with Crippen molar-refractivity contribution in [3.8, 4) is 0 Å². The van der Waals surface area contributed by atoms with E-state index in [4.69, 9.17) is 34.8 Å². The van der Waals surface area contributed by atoms with Gasteiger partial charge in [0.15, 0.2) is 0 Å². The van der Waals surface area contributed by atoms with Gasteiger partial charge in [0, 0.05) is 10.7 Å². The molecular formula is C16H15Cl3N2O. The van der Waals surface area contributed by atoms with Gasteiger partial charge in [-0.2, -0.15) is 0 Å². The zero-order valence-electron chi connectivity index (χ0n) is 11.7. The maximum Gasteiger partial charge on any atom is 0.238 e. The Balaban J connectivity index is 1.72. The third-order valence-corrected chi connectivity index (χ3v) is 3.94. The highest BCUT2D eigenvalue weighted by atomic mass is 35.5. The lowest BCUT2D eigenvalue weighted by Gasteiger charge is -2.08. The van der Waals surface area contributed by atoms with Crippen molar-refractivity contribution < 1.29 is 4.79 Å². The van der Waals surface area contributed by atoms with E-state index in [9.17, 15) is 4.79 Å². The van der Waals surface area contributed by atoms with Crippen LogP contribution in [0.1, 0.15) is 5.56 Å². The Morgan fingerprint density at radius 1 is 1.00 bits per heavy atom. The van der Waals surface area contributed by atoms with E-state index >= 15 is 0 Å². The highest BCUT2D eigenvalue weighted by molar-refractivity contribution is 6.42.